The lowest BCUT2D eigenvalue weighted by Gasteiger charge is -2.31. The second kappa shape index (κ2) is 12.3. The number of aliphatic imine (C=N–C) groups is 2. The van der Waals surface area contributed by atoms with Crippen molar-refractivity contribution >= 4 is 22.8 Å². The molecule has 0 saturated carbocycles. The highest BCUT2D eigenvalue weighted by molar-refractivity contribution is 5.92. The zero-order chi connectivity index (χ0) is 26.6. The van der Waals surface area contributed by atoms with Crippen LogP contribution in [0.1, 0.15) is 134 Å². The van der Waals surface area contributed by atoms with Crippen LogP contribution >= 0.6 is 0 Å². The second-order valence-corrected chi connectivity index (χ2v) is 11.7. The Bertz CT molecular complexity index is 953. The molecule has 2 unspecified atom stereocenters. The third kappa shape index (κ3) is 6.54. The lowest BCUT2D eigenvalue weighted by atomic mass is 9.92. The second-order valence-electron chi connectivity index (χ2n) is 11.7. The van der Waals surface area contributed by atoms with Crippen LogP contribution in [0.25, 0.3) is 0 Å². The maximum Gasteiger partial charge on any atom is 0.0962 e. The molecule has 0 radical (unpaired) electrons. The summed E-state index contributed by atoms with van der Waals surface area (Å²) in [4.78, 5) is 10.5. The molecule has 0 amide bonds. The fourth-order valence-electron chi connectivity index (χ4n) is 5.22. The molecule has 1 aliphatic rings. The van der Waals surface area contributed by atoms with E-state index in [0.717, 1.165) is 42.1 Å². The maximum absolute atomic E-state index is 6.69. The van der Waals surface area contributed by atoms with Crippen molar-refractivity contribution in [3.05, 3.63) is 58.7 Å². The quantitative estimate of drug-likeness (QED) is 0.340. The maximum atomic E-state index is 6.69. The minimum atomic E-state index is 0.0269. The summed E-state index contributed by atoms with van der Waals surface area (Å²) in [5.41, 5.74) is 9.71. The van der Waals surface area contributed by atoms with Crippen LogP contribution in [0, 0.1) is 0 Å². The molecule has 2 aromatic rings. The first-order valence-corrected chi connectivity index (χ1v) is 14.0. The van der Waals surface area contributed by atoms with Gasteiger partial charge in [0.15, 0.2) is 0 Å². The summed E-state index contributed by atoms with van der Waals surface area (Å²) in [6.45, 7) is 22.3. The molecule has 1 aliphatic heterocycles. The average Bonchev–Trinajstić information content (AvgIpc) is 2.83. The van der Waals surface area contributed by atoms with Crippen molar-refractivity contribution in [3.8, 4) is 0 Å². The SMILES string of the molecule is CC(=Nc1c(C(C)C)cccc1C(C)C)C1CCCC(C(C)=Nc2c(C(C)C)cccc2C(C)C)O1. The van der Waals surface area contributed by atoms with Gasteiger partial charge in [0, 0.05) is 11.4 Å². The van der Waals surface area contributed by atoms with E-state index >= 15 is 0 Å². The predicted molar refractivity (Wildman–Crippen MR) is 157 cm³/mol. The van der Waals surface area contributed by atoms with Gasteiger partial charge in [-0.15, -0.1) is 0 Å². The Morgan fingerprint density at radius 1 is 0.611 bits per heavy atom. The van der Waals surface area contributed by atoms with Crippen molar-refractivity contribution in [1.29, 1.82) is 0 Å². The highest BCUT2D eigenvalue weighted by atomic mass is 16.5. The first kappa shape index (κ1) is 28.3. The van der Waals surface area contributed by atoms with Crippen molar-refractivity contribution < 1.29 is 4.74 Å². The van der Waals surface area contributed by atoms with Crippen LogP contribution in [0.2, 0.25) is 0 Å². The van der Waals surface area contributed by atoms with Gasteiger partial charge in [0.25, 0.3) is 0 Å². The Labute approximate surface area is 220 Å². The molecule has 1 fully saturated rings. The summed E-state index contributed by atoms with van der Waals surface area (Å²) in [6.07, 6.45) is 3.21. The molecule has 2 atom stereocenters. The third-order valence-electron chi connectivity index (χ3n) is 7.45. The van der Waals surface area contributed by atoms with Crippen LogP contribution in [-0.2, 0) is 4.74 Å². The summed E-state index contributed by atoms with van der Waals surface area (Å²) in [7, 11) is 0. The van der Waals surface area contributed by atoms with E-state index in [1.165, 1.54) is 22.3 Å². The van der Waals surface area contributed by atoms with Crippen molar-refractivity contribution in [2.24, 2.45) is 9.98 Å². The van der Waals surface area contributed by atoms with Crippen LogP contribution in [0.3, 0.4) is 0 Å². The van der Waals surface area contributed by atoms with Crippen molar-refractivity contribution in [2.45, 2.75) is 124 Å². The van der Waals surface area contributed by atoms with Crippen LogP contribution in [0.4, 0.5) is 11.4 Å². The van der Waals surface area contributed by atoms with Gasteiger partial charge in [0.2, 0.25) is 0 Å². The largest absolute Gasteiger partial charge is 0.363 e. The lowest BCUT2D eigenvalue weighted by molar-refractivity contribution is 0.0230. The first-order chi connectivity index (χ1) is 17.0. The molecule has 0 aliphatic carbocycles. The molecular formula is C33H48N2O. The predicted octanol–water partition coefficient (Wildman–Crippen LogP) is 10.0. The Balaban J connectivity index is 1.92. The zero-order valence-electron chi connectivity index (χ0n) is 24.4. The molecule has 0 bridgehead atoms. The molecule has 0 aromatic heterocycles. The number of para-hydroxylation sites is 2. The Hall–Kier alpha value is -2.26. The molecule has 196 valence electrons. The van der Waals surface area contributed by atoms with Gasteiger partial charge in [-0.3, -0.25) is 9.98 Å². The highest BCUT2D eigenvalue weighted by Crippen LogP contribution is 2.37. The van der Waals surface area contributed by atoms with Crippen LogP contribution in [0.15, 0.2) is 46.4 Å². The van der Waals surface area contributed by atoms with Crippen molar-refractivity contribution in [1.82, 2.24) is 0 Å². The number of rotatable bonds is 8. The summed E-state index contributed by atoms with van der Waals surface area (Å²) in [5, 5.41) is 0. The zero-order valence-corrected chi connectivity index (χ0v) is 24.4. The number of benzene rings is 2. The van der Waals surface area contributed by atoms with E-state index in [4.69, 9.17) is 14.7 Å². The van der Waals surface area contributed by atoms with E-state index in [1.54, 1.807) is 0 Å². The van der Waals surface area contributed by atoms with E-state index in [0.29, 0.717) is 23.7 Å². The summed E-state index contributed by atoms with van der Waals surface area (Å²) in [6, 6.07) is 13.2. The fraction of sp³-hybridized carbons (Fsp3) is 0.576. The molecule has 3 nitrogen and oxygen atoms in total. The van der Waals surface area contributed by atoms with Crippen LogP contribution in [0.5, 0.6) is 0 Å². The van der Waals surface area contributed by atoms with Gasteiger partial charge in [-0.05, 0) is 79.0 Å². The number of hydrogen-bond acceptors (Lipinski definition) is 3. The number of nitrogens with zero attached hydrogens (tertiary/aromatic N) is 2. The topological polar surface area (TPSA) is 34.0 Å². The van der Waals surface area contributed by atoms with E-state index in [9.17, 15) is 0 Å². The van der Waals surface area contributed by atoms with E-state index in [1.807, 2.05) is 0 Å². The van der Waals surface area contributed by atoms with Gasteiger partial charge in [0.1, 0.15) is 0 Å². The van der Waals surface area contributed by atoms with E-state index < -0.39 is 0 Å². The Morgan fingerprint density at radius 2 is 0.917 bits per heavy atom. The summed E-state index contributed by atoms with van der Waals surface area (Å²) in [5.74, 6) is 1.73. The van der Waals surface area contributed by atoms with Gasteiger partial charge in [-0.2, -0.15) is 0 Å². The third-order valence-corrected chi connectivity index (χ3v) is 7.45. The fourth-order valence-corrected chi connectivity index (χ4v) is 5.22. The molecule has 0 spiro atoms. The number of hydrogen-bond donors (Lipinski definition) is 0. The Kier molecular flexibility index (Phi) is 9.69. The molecule has 1 saturated heterocycles. The number of ether oxygens (including phenoxy) is 1. The molecule has 2 aromatic carbocycles. The van der Waals surface area contributed by atoms with Crippen LogP contribution < -0.4 is 0 Å². The Morgan fingerprint density at radius 3 is 1.19 bits per heavy atom. The van der Waals surface area contributed by atoms with Crippen LogP contribution in [-0.4, -0.2) is 23.6 Å². The van der Waals surface area contributed by atoms with Gasteiger partial charge in [0.05, 0.1) is 23.6 Å². The van der Waals surface area contributed by atoms with Gasteiger partial charge in [-0.1, -0.05) is 91.8 Å². The summed E-state index contributed by atoms with van der Waals surface area (Å²) < 4.78 is 6.69. The first-order valence-electron chi connectivity index (χ1n) is 14.0. The van der Waals surface area contributed by atoms with E-state index in [-0.39, 0.29) is 12.2 Å². The minimum absolute atomic E-state index is 0.0269. The lowest BCUT2D eigenvalue weighted by Crippen LogP contribution is -2.36. The van der Waals surface area contributed by atoms with Crippen molar-refractivity contribution in [2.75, 3.05) is 0 Å². The molecule has 0 N–H and O–H groups in total. The highest BCUT2D eigenvalue weighted by Gasteiger charge is 2.27. The van der Waals surface area contributed by atoms with Gasteiger partial charge >= 0.3 is 0 Å². The van der Waals surface area contributed by atoms with Gasteiger partial charge < -0.3 is 4.74 Å². The summed E-state index contributed by atoms with van der Waals surface area (Å²) >= 11 is 0. The van der Waals surface area contributed by atoms with Gasteiger partial charge in [-0.25, -0.2) is 0 Å². The van der Waals surface area contributed by atoms with E-state index in [2.05, 4.69) is 106 Å². The minimum Gasteiger partial charge on any atom is -0.363 e. The molecular weight excluding hydrogens is 440 g/mol. The normalized spacial score (nSPS) is 19.7. The molecule has 1 heterocycles. The molecule has 3 heteroatoms. The van der Waals surface area contributed by atoms with Crippen molar-refractivity contribution in [3.63, 3.8) is 0 Å². The smallest absolute Gasteiger partial charge is 0.0962 e. The standard InChI is InChI=1S/C33H48N2O/c1-20(2)26-14-11-15-27(21(3)4)32(26)34-24(9)30-18-13-19-31(36-30)25(10)35-33-28(22(5)6)16-12-17-29(33)23(7)8/h11-12,14-17,20-23,30-31H,13,18-19H2,1-10H3. The molecule has 3 rings (SSSR count). The molecule has 36 heavy (non-hydrogen) atoms. The monoisotopic (exact) mass is 488 g/mol. The average molecular weight is 489 g/mol.